The first-order chi connectivity index (χ1) is 3.43. The van der Waals surface area contributed by atoms with E-state index in [2.05, 4.69) is 12.7 Å². The van der Waals surface area contributed by atoms with Gasteiger partial charge in [0, 0.05) is 0 Å². The van der Waals surface area contributed by atoms with Gasteiger partial charge in [-0.25, -0.2) is 0 Å². The Balaban J connectivity index is 2.28. The molecule has 0 fully saturated rings. The SMILES string of the molecule is CCC1C=PCC1. The quantitative estimate of drug-likeness (QED) is 0.458. The summed E-state index contributed by atoms with van der Waals surface area (Å²) in [5.74, 6) is 3.39. The van der Waals surface area contributed by atoms with Crippen LogP contribution in [0.15, 0.2) is 0 Å². The normalized spacial score (nSPS) is 31.3. The van der Waals surface area contributed by atoms with E-state index in [0.29, 0.717) is 0 Å². The Hall–Kier alpha value is 0.170. The van der Waals surface area contributed by atoms with E-state index in [1.807, 2.05) is 0 Å². The minimum Gasteiger partial charge on any atom is -0.109 e. The van der Waals surface area contributed by atoms with Gasteiger partial charge in [0.1, 0.15) is 0 Å². The third kappa shape index (κ3) is 1.28. The van der Waals surface area contributed by atoms with Gasteiger partial charge in [0.25, 0.3) is 0 Å². The summed E-state index contributed by atoms with van der Waals surface area (Å²) in [5.41, 5.74) is 0. The molecule has 0 bridgehead atoms. The molecule has 1 heteroatoms. The highest BCUT2D eigenvalue weighted by Crippen LogP contribution is 2.18. The van der Waals surface area contributed by atoms with Crippen LogP contribution in [0.3, 0.4) is 0 Å². The predicted octanol–water partition coefficient (Wildman–Crippen LogP) is 2.16. The second-order valence-corrected chi connectivity index (χ2v) is 3.12. The summed E-state index contributed by atoms with van der Waals surface area (Å²) in [4.78, 5) is 0. The Labute approximate surface area is 46.7 Å². The van der Waals surface area contributed by atoms with Crippen molar-refractivity contribution in [3.05, 3.63) is 0 Å². The molecule has 1 heterocycles. The molecule has 1 aliphatic rings. The molecule has 0 nitrogen and oxygen atoms in total. The third-order valence-corrected chi connectivity index (χ3v) is 2.62. The third-order valence-electron chi connectivity index (χ3n) is 1.47. The standard InChI is InChI=1S/C6H11P/c1-2-6-3-4-7-5-6/h5-6H,2-4H2,1H3. The summed E-state index contributed by atoms with van der Waals surface area (Å²) in [6.07, 6.45) is 4.21. The van der Waals surface area contributed by atoms with Gasteiger partial charge in [-0.2, -0.15) is 0 Å². The van der Waals surface area contributed by atoms with Crippen LogP contribution in [0.25, 0.3) is 0 Å². The lowest BCUT2D eigenvalue weighted by molar-refractivity contribution is 0.675. The van der Waals surface area contributed by atoms with E-state index < -0.39 is 0 Å². The zero-order valence-electron chi connectivity index (χ0n) is 4.72. The molecule has 0 aromatic rings. The molecule has 0 N–H and O–H groups in total. The Morgan fingerprint density at radius 1 is 1.86 bits per heavy atom. The van der Waals surface area contributed by atoms with Gasteiger partial charge in [-0.1, -0.05) is 12.7 Å². The lowest BCUT2D eigenvalue weighted by atomic mass is 10.1. The van der Waals surface area contributed by atoms with Crippen LogP contribution in [0.2, 0.25) is 0 Å². The number of hydrogen-bond acceptors (Lipinski definition) is 0. The fourth-order valence-corrected chi connectivity index (χ4v) is 2.14. The van der Waals surface area contributed by atoms with Crippen LogP contribution in [0.5, 0.6) is 0 Å². The van der Waals surface area contributed by atoms with Gasteiger partial charge >= 0.3 is 0 Å². The van der Waals surface area contributed by atoms with Crippen molar-refractivity contribution in [2.75, 3.05) is 6.16 Å². The van der Waals surface area contributed by atoms with Crippen LogP contribution in [-0.4, -0.2) is 12.0 Å². The molecule has 1 atom stereocenters. The smallest absolute Gasteiger partial charge is 0.0104 e. The molecule has 0 amide bonds. The average Bonchev–Trinajstić information content (AvgIpc) is 2.14. The van der Waals surface area contributed by atoms with Gasteiger partial charge in [-0.3, -0.25) is 0 Å². The summed E-state index contributed by atoms with van der Waals surface area (Å²) >= 11 is 0. The first-order valence-corrected chi connectivity index (χ1v) is 4.08. The molecule has 0 saturated carbocycles. The molecule has 1 rings (SSSR count). The molecule has 1 aliphatic heterocycles. The van der Waals surface area contributed by atoms with E-state index in [4.69, 9.17) is 0 Å². The van der Waals surface area contributed by atoms with Gasteiger partial charge in [-0.05, 0) is 24.9 Å². The highest BCUT2D eigenvalue weighted by Gasteiger charge is 2.04. The maximum Gasteiger partial charge on any atom is -0.0104 e. The summed E-state index contributed by atoms with van der Waals surface area (Å²) in [7, 11) is 1.58. The summed E-state index contributed by atoms with van der Waals surface area (Å²) < 4.78 is 0. The molecule has 0 saturated heterocycles. The van der Waals surface area contributed by atoms with Crippen molar-refractivity contribution >= 4 is 14.0 Å². The molecule has 0 aromatic carbocycles. The second-order valence-electron chi connectivity index (χ2n) is 2.01. The lowest BCUT2D eigenvalue weighted by Crippen LogP contribution is -1.92. The van der Waals surface area contributed by atoms with Crippen molar-refractivity contribution in [2.45, 2.75) is 19.8 Å². The summed E-state index contributed by atoms with van der Waals surface area (Å²) in [6, 6.07) is 0. The van der Waals surface area contributed by atoms with E-state index in [-0.39, 0.29) is 0 Å². The van der Waals surface area contributed by atoms with E-state index in [0.717, 1.165) is 5.92 Å². The minimum absolute atomic E-state index is 0.960. The Morgan fingerprint density at radius 3 is 3.00 bits per heavy atom. The van der Waals surface area contributed by atoms with Crippen molar-refractivity contribution in [1.29, 1.82) is 0 Å². The van der Waals surface area contributed by atoms with Gasteiger partial charge in [0.15, 0.2) is 0 Å². The maximum absolute atomic E-state index is 2.43. The van der Waals surface area contributed by atoms with Crippen LogP contribution in [-0.2, 0) is 0 Å². The van der Waals surface area contributed by atoms with Crippen LogP contribution >= 0.6 is 8.20 Å². The first kappa shape index (κ1) is 5.31. The zero-order valence-corrected chi connectivity index (χ0v) is 5.62. The van der Waals surface area contributed by atoms with Gasteiger partial charge < -0.3 is 0 Å². The largest absolute Gasteiger partial charge is 0.109 e. The Morgan fingerprint density at radius 2 is 2.71 bits per heavy atom. The minimum atomic E-state index is 0.960. The van der Waals surface area contributed by atoms with Gasteiger partial charge in [0.05, 0.1) is 0 Å². The van der Waals surface area contributed by atoms with Crippen molar-refractivity contribution in [2.24, 2.45) is 5.92 Å². The first-order valence-electron chi connectivity index (χ1n) is 2.93. The van der Waals surface area contributed by atoms with E-state index >= 15 is 0 Å². The number of hydrogen-bond donors (Lipinski definition) is 0. The molecule has 0 aromatic heterocycles. The highest BCUT2D eigenvalue weighted by molar-refractivity contribution is 7.39. The fourth-order valence-electron chi connectivity index (χ4n) is 0.848. The van der Waals surface area contributed by atoms with Crippen molar-refractivity contribution < 1.29 is 0 Å². The molecule has 1 unspecified atom stereocenters. The Bertz CT molecular complexity index is 76.2. The van der Waals surface area contributed by atoms with Crippen LogP contribution in [0.4, 0.5) is 0 Å². The maximum atomic E-state index is 2.43. The average molecular weight is 114 g/mol. The van der Waals surface area contributed by atoms with E-state index in [9.17, 15) is 0 Å². The Kier molecular flexibility index (Phi) is 1.87. The van der Waals surface area contributed by atoms with Gasteiger partial charge in [-0.15, -0.1) is 8.20 Å². The molecule has 0 radical (unpaired) electrons. The fraction of sp³-hybridized carbons (Fsp3) is 0.833. The van der Waals surface area contributed by atoms with Crippen molar-refractivity contribution in [1.82, 2.24) is 0 Å². The molecular formula is C6H11P. The topological polar surface area (TPSA) is 0 Å². The molecule has 40 valence electrons. The molecular weight excluding hydrogens is 103 g/mol. The molecule has 0 aliphatic carbocycles. The summed E-state index contributed by atoms with van der Waals surface area (Å²) in [6.45, 7) is 2.27. The molecule has 7 heavy (non-hydrogen) atoms. The zero-order chi connectivity index (χ0) is 5.11. The van der Waals surface area contributed by atoms with E-state index in [1.54, 1.807) is 8.20 Å². The highest BCUT2D eigenvalue weighted by atomic mass is 31.1. The monoisotopic (exact) mass is 114 g/mol. The summed E-state index contributed by atoms with van der Waals surface area (Å²) in [5, 5.41) is 0. The number of rotatable bonds is 1. The van der Waals surface area contributed by atoms with Crippen LogP contribution < -0.4 is 0 Å². The lowest BCUT2D eigenvalue weighted by Gasteiger charge is -1.97. The second kappa shape index (κ2) is 2.47. The van der Waals surface area contributed by atoms with Crippen LogP contribution in [0, 0.1) is 5.92 Å². The van der Waals surface area contributed by atoms with Gasteiger partial charge in [0.2, 0.25) is 0 Å². The van der Waals surface area contributed by atoms with E-state index in [1.165, 1.54) is 19.0 Å². The van der Waals surface area contributed by atoms with Crippen LogP contribution in [0.1, 0.15) is 19.8 Å². The molecule has 0 spiro atoms. The predicted molar refractivity (Wildman–Crippen MR) is 36.2 cm³/mol. The van der Waals surface area contributed by atoms with Crippen molar-refractivity contribution in [3.63, 3.8) is 0 Å². The van der Waals surface area contributed by atoms with Crippen molar-refractivity contribution in [3.8, 4) is 0 Å².